The van der Waals surface area contributed by atoms with Crippen LogP contribution in [-0.4, -0.2) is 12.6 Å². The Morgan fingerprint density at radius 1 is 0.875 bits per heavy atom. The predicted molar refractivity (Wildman–Crippen MR) is 46.0 cm³/mol. The van der Waals surface area contributed by atoms with Gasteiger partial charge in [-0.3, -0.25) is 0 Å². The molecule has 0 saturated heterocycles. The standard InChI is InChI=1S/C8H4ClF6N/c9-5-3-1-2-4-6(5)16(7(10,11)12)8(13,14)15/h1-4H. The van der Waals surface area contributed by atoms with E-state index in [1.54, 1.807) is 0 Å². The number of hydrogen-bond donors (Lipinski definition) is 0. The molecular weight excluding hydrogens is 260 g/mol. The lowest BCUT2D eigenvalue weighted by atomic mass is 10.3. The highest BCUT2D eigenvalue weighted by Crippen LogP contribution is 2.41. The van der Waals surface area contributed by atoms with Gasteiger partial charge in [0.15, 0.2) is 0 Å². The zero-order chi connectivity index (χ0) is 12.6. The Morgan fingerprint density at radius 2 is 1.31 bits per heavy atom. The fourth-order valence-corrected chi connectivity index (χ4v) is 1.27. The van der Waals surface area contributed by atoms with Gasteiger partial charge in [-0.05, 0) is 12.1 Å². The molecule has 90 valence electrons. The number of anilines is 1. The maximum absolute atomic E-state index is 12.2. The molecule has 0 heterocycles. The summed E-state index contributed by atoms with van der Waals surface area (Å²) in [5, 5.41) is -0.628. The van der Waals surface area contributed by atoms with Crippen molar-refractivity contribution in [3.8, 4) is 0 Å². The molecule has 0 fully saturated rings. The normalized spacial score (nSPS) is 12.7. The minimum atomic E-state index is -5.58. The van der Waals surface area contributed by atoms with E-state index in [4.69, 9.17) is 11.6 Å². The van der Waals surface area contributed by atoms with Crippen molar-refractivity contribution in [1.82, 2.24) is 0 Å². The largest absolute Gasteiger partial charge is 0.491 e. The molecule has 1 nitrogen and oxygen atoms in total. The molecule has 0 saturated carbocycles. The fraction of sp³-hybridized carbons (Fsp3) is 0.250. The highest BCUT2D eigenvalue weighted by Gasteiger charge is 2.54. The van der Waals surface area contributed by atoms with Gasteiger partial charge in [-0.25, -0.2) is 0 Å². The van der Waals surface area contributed by atoms with Gasteiger partial charge in [0.2, 0.25) is 0 Å². The summed E-state index contributed by atoms with van der Waals surface area (Å²) in [6, 6.07) is 3.85. The molecule has 0 bridgehead atoms. The van der Waals surface area contributed by atoms with E-state index in [-0.39, 0.29) is 0 Å². The second-order valence-corrected chi connectivity index (χ2v) is 3.13. The number of benzene rings is 1. The van der Waals surface area contributed by atoms with Crippen LogP contribution in [0.1, 0.15) is 0 Å². The first-order valence-electron chi connectivity index (χ1n) is 3.82. The smallest absolute Gasteiger partial charge is 0.192 e. The van der Waals surface area contributed by atoms with E-state index in [1.807, 2.05) is 0 Å². The molecule has 1 aromatic rings. The SMILES string of the molecule is FC(F)(F)N(c1ccccc1Cl)C(F)(F)F. The van der Waals surface area contributed by atoms with E-state index < -0.39 is 28.2 Å². The summed E-state index contributed by atoms with van der Waals surface area (Å²) >= 11 is 5.29. The van der Waals surface area contributed by atoms with Gasteiger partial charge in [-0.15, -0.1) is 26.3 Å². The van der Waals surface area contributed by atoms with Gasteiger partial charge in [0.05, 0.1) is 10.7 Å². The molecule has 0 spiro atoms. The third kappa shape index (κ3) is 2.72. The Hall–Kier alpha value is -1.11. The van der Waals surface area contributed by atoms with E-state index >= 15 is 0 Å². The van der Waals surface area contributed by atoms with Gasteiger partial charge in [0.25, 0.3) is 0 Å². The average molecular weight is 264 g/mol. The fourth-order valence-electron chi connectivity index (χ4n) is 1.05. The van der Waals surface area contributed by atoms with E-state index in [0.29, 0.717) is 6.07 Å². The first-order valence-corrected chi connectivity index (χ1v) is 4.20. The van der Waals surface area contributed by atoms with Gasteiger partial charge in [-0.1, -0.05) is 23.7 Å². The Balaban J connectivity index is 3.29. The summed E-state index contributed by atoms with van der Waals surface area (Å²) in [6.45, 7) is 0. The third-order valence-electron chi connectivity index (χ3n) is 1.60. The zero-order valence-corrected chi connectivity index (χ0v) is 8.16. The van der Waals surface area contributed by atoms with Crippen LogP contribution in [0.15, 0.2) is 24.3 Å². The number of hydrogen-bond acceptors (Lipinski definition) is 1. The van der Waals surface area contributed by atoms with E-state index in [0.717, 1.165) is 12.1 Å². The van der Waals surface area contributed by atoms with E-state index in [9.17, 15) is 26.3 Å². The molecule has 0 aliphatic heterocycles. The van der Waals surface area contributed by atoms with Crippen LogP contribution in [0.25, 0.3) is 0 Å². The highest BCUT2D eigenvalue weighted by molar-refractivity contribution is 6.33. The molecule has 8 heteroatoms. The number of para-hydroxylation sites is 1. The summed E-state index contributed by atoms with van der Waals surface area (Å²) in [5.74, 6) is 0. The summed E-state index contributed by atoms with van der Waals surface area (Å²) in [5.41, 5.74) is -1.15. The number of rotatable bonds is 1. The van der Waals surface area contributed by atoms with Crippen LogP contribution in [0.5, 0.6) is 0 Å². The van der Waals surface area contributed by atoms with Crippen LogP contribution in [0.2, 0.25) is 5.02 Å². The Labute approximate surface area is 91.2 Å². The van der Waals surface area contributed by atoms with E-state index in [2.05, 4.69) is 0 Å². The van der Waals surface area contributed by atoms with Crippen molar-refractivity contribution >= 4 is 17.3 Å². The van der Waals surface area contributed by atoms with Crippen LogP contribution in [0.4, 0.5) is 32.0 Å². The van der Waals surface area contributed by atoms with Crippen LogP contribution in [-0.2, 0) is 0 Å². The van der Waals surface area contributed by atoms with Crippen molar-refractivity contribution in [3.05, 3.63) is 29.3 Å². The Kier molecular flexibility index (Phi) is 3.27. The molecule has 1 aromatic carbocycles. The maximum Gasteiger partial charge on any atom is 0.491 e. The summed E-state index contributed by atoms with van der Waals surface area (Å²) < 4.78 is 73.4. The molecule has 16 heavy (non-hydrogen) atoms. The Bertz CT molecular complexity index is 358. The number of nitrogens with zero attached hydrogens (tertiary/aromatic N) is 1. The lowest BCUT2D eigenvalue weighted by Gasteiger charge is -2.29. The highest BCUT2D eigenvalue weighted by atomic mass is 35.5. The van der Waals surface area contributed by atoms with Crippen LogP contribution in [0, 0.1) is 0 Å². The summed E-state index contributed by atoms with van der Waals surface area (Å²) in [6.07, 6.45) is -11.2. The molecule has 0 atom stereocenters. The van der Waals surface area contributed by atoms with Crippen molar-refractivity contribution in [3.63, 3.8) is 0 Å². The predicted octanol–water partition coefficient (Wildman–Crippen LogP) is 4.19. The van der Waals surface area contributed by atoms with Crippen molar-refractivity contribution in [1.29, 1.82) is 0 Å². The average Bonchev–Trinajstić information content (AvgIpc) is 2.03. The maximum atomic E-state index is 12.2. The second-order valence-electron chi connectivity index (χ2n) is 2.72. The van der Waals surface area contributed by atoms with Crippen molar-refractivity contribution in [2.45, 2.75) is 12.6 Å². The quantitative estimate of drug-likeness (QED) is 0.542. The lowest BCUT2D eigenvalue weighted by Crippen LogP contribution is -2.48. The minimum absolute atomic E-state index is 0.628. The molecule has 0 aliphatic carbocycles. The van der Waals surface area contributed by atoms with E-state index in [1.165, 1.54) is 6.07 Å². The molecule has 0 N–H and O–H groups in total. The molecular formula is C8H4ClF6N. The van der Waals surface area contributed by atoms with Gasteiger partial charge in [0, 0.05) is 0 Å². The van der Waals surface area contributed by atoms with Gasteiger partial charge >= 0.3 is 12.6 Å². The van der Waals surface area contributed by atoms with Crippen LogP contribution in [0.3, 0.4) is 0 Å². The third-order valence-corrected chi connectivity index (χ3v) is 1.92. The van der Waals surface area contributed by atoms with Gasteiger partial charge in [0.1, 0.15) is 0 Å². The molecule has 1 rings (SSSR count). The van der Waals surface area contributed by atoms with Crippen LogP contribution < -0.4 is 4.90 Å². The number of halogens is 7. The van der Waals surface area contributed by atoms with Crippen molar-refractivity contribution in [2.75, 3.05) is 4.90 Å². The molecule has 0 aliphatic rings. The second kappa shape index (κ2) is 4.04. The first kappa shape index (κ1) is 13.0. The van der Waals surface area contributed by atoms with Crippen LogP contribution >= 0.6 is 11.6 Å². The molecule has 0 unspecified atom stereocenters. The number of alkyl halides is 6. The van der Waals surface area contributed by atoms with Crippen molar-refractivity contribution in [2.24, 2.45) is 0 Å². The van der Waals surface area contributed by atoms with Crippen molar-refractivity contribution < 1.29 is 26.3 Å². The Morgan fingerprint density at radius 3 is 1.69 bits per heavy atom. The summed E-state index contributed by atoms with van der Waals surface area (Å²) in [7, 11) is 0. The van der Waals surface area contributed by atoms with Gasteiger partial charge < -0.3 is 0 Å². The molecule has 0 aromatic heterocycles. The topological polar surface area (TPSA) is 3.24 Å². The zero-order valence-electron chi connectivity index (χ0n) is 7.40. The minimum Gasteiger partial charge on any atom is -0.192 e. The lowest BCUT2D eigenvalue weighted by molar-refractivity contribution is -0.226. The summed E-state index contributed by atoms with van der Waals surface area (Å²) in [4.78, 5) is -1.64. The molecule has 0 amide bonds. The molecule has 0 radical (unpaired) electrons. The monoisotopic (exact) mass is 263 g/mol. The van der Waals surface area contributed by atoms with Gasteiger partial charge in [-0.2, -0.15) is 4.90 Å². The first-order chi connectivity index (χ1) is 7.14.